The highest BCUT2D eigenvalue weighted by Crippen LogP contribution is 2.47. The minimum absolute atomic E-state index is 0.133. The number of ether oxygens (including phenoxy) is 1. The van der Waals surface area contributed by atoms with Crippen LogP contribution in [-0.4, -0.2) is 80.7 Å². The maximum atomic E-state index is 14.2. The molecule has 1 aromatic carbocycles. The van der Waals surface area contributed by atoms with Crippen molar-refractivity contribution in [3.63, 3.8) is 0 Å². The first-order valence-electron chi connectivity index (χ1n) is 16.4. The molecule has 1 aromatic heterocycles. The summed E-state index contributed by atoms with van der Waals surface area (Å²) in [6.45, 7) is 8.99. The molecule has 3 heterocycles. The highest BCUT2D eigenvalue weighted by Gasteiger charge is 2.44. The van der Waals surface area contributed by atoms with Gasteiger partial charge in [-0.15, -0.1) is 5.06 Å². The minimum Gasteiger partial charge on any atom is -0.427 e. The van der Waals surface area contributed by atoms with Gasteiger partial charge in [0.1, 0.15) is 18.3 Å². The first-order chi connectivity index (χ1) is 21.1. The number of carbonyl (C=O) groups excluding carboxylic acids is 2. The Balaban J connectivity index is 1.22. The second-order valence-corrected chi connectivity index (χ2v) is 14.4. The Morgan fingerprint density at radius 1 is 1.02 bits per heavy atom. The number of hydrogen-bond acceptors (Lipinski definition) is 8. The van der Waals surface area contributed by atoms with E-state index in [2.05, 4.69) is 20.3 Å². The van der Waals surface area contributed by atoms with E-state index in [0.717, 1.165) is 50.9 Å². The van der Waals surface area contributed by atoms with Gasteiger partial charge in [0.05, 0.1) is 6.04 Å². The monoisotopic (exact) mass is 628 g/mol. The molecule has 1 N–H and O–H groups in total. The molecule has 242 valence electrons. The zero-order valence-electron chi connectivity index (χ0n) is 26.5. The summed E-state index contributed by atoms with van der Waals surface area (Å²) in [6.07, 6.45) is 13.3. The third-order valence-electron chi connectivity index (χ3n) is 9.62. The van der Waals surface area contributed by atoms with Gasteiger partial charge in [-0.25, -0.2) is 9.78 Å². The van der Waals surface area contributed by atoms with E-state index in [1.165, 1.54) is 32.1 Å². The largest absolute Gasteiger partial charge is 0.528 e. The maximum absolute atomic E-state index is 14.2. The first-order valence-corrected chi connectivity index (χ1v) is 16.7. The molecule has 3 fully saturated rings. The van der Waals surface area contributed by atoms with Crippen LogP contribution in [0.2, 0.25) is 5.02 Å². The van der Waals surface area contributed by atoms with Crippen LogP contribution in [0.25, 0.3) is 0 Å². The predicted octanol–water partition coefficient (Wildman–Crippen LogP) is 5.65. The molecule has 11 heteroatoms. The van der Waals surface area contributed by atoms with E-state index >= 15 is 0 Å². The number of likely N-dealkylation sites (tertiary alicyclic amines) is 1. The number of aromatic nitrogens is 3. The minimum atomic E-state index is -0.682. The summed E-state index contributed by atoms with van der Waals surface area (Å²) < 4.78 is 7.30. The lowest BCUT2D eigenvalue weighted by molar-refractivity contribution is -0.153. The van der Waals surface area contributed by atoms with Gasteiger partial charge in [-0.1, -0.05) is 43.0 Å². The lowest BCUT2D eigenvalue weighted by Gasteiger charge is -2.48. The standard InChI is InChI=1S/C33H49ClN6O4/c1-32(2,3)43-31(42)44-40-17-13-28(14-18-40)37-29(21-25-9-11-27(34)12-10-25)30(41)38-19-15-33(16-20-38,22-39-24-35-23-36-39)26-7-5-4-6-8-26/h9-12,23-24,26,28-29,37H,4-8,13-22H2,1-3H3/t29-/m1/s1. The van der Waals surface area contributed by atoms with E-state index in [-0.39, 0.29) is 23.4 Å². The molecule has 5 rings (SSSR count). The number of benzene rings is 1. The number of rotatable bonds is 9. The molecule has 1 aliphatic carbocycles. The molecule has 2 aromatic rings. The molecule has 10 nitrogen and oxygen atoms in total. The van der Waals surface area contributed by atoms with Crippen LogP contribution in [0.5, 0.6) is 0 Å². The molecule has 2 saturated heterocycles. The summed E-state index contributed by atoms with van der Waals surface area (Å²) in [6, 6.07) is 7.56. The molecule has 44 heavy (non-hydrogen) atoms. The number of halogens is 1. The Kier molecular flexibility index (Phi) is 10.9. The van der Waals surface area contributed by atoms with Crippen molar-refractivity contribution in [2.45, 2.75) is 109 Å². The normalized spacial score (nSPS) is 21.1. The average Bonchev–Trinajstić information content (AvgIpc) is 3.51. The van der Waals surface area contributed by atoms with E-state index < -0.39 is 11.8 Å². The van der Waals surface area contributed by atoms with Crippen LogP contribution in [0.4, 0.5) is 4.79 Å². The van der Waals surface area contributed by atoms with Gasteiger partial charge in [0.25, 0.3) is 0 Å². The summed E-state index contributed by atoms with van der Waals surface area (Å²) in [5.41, 5.74) is 0.614. The first kappa shape index (κ1) is 32.7. The number of nitrogens with zero attached hydrogens (tertiary/aromatic N) is 5. The van der Waals surface area contributed by atoms with Crippen LogP contribution in [0.3, 0.4) is 0 Å². The van der Waals surface area contributed by atoms with Crippen LogP contribution >= 0.6 is 11.6 Å². The Bertz CT molecular complexity index is 1200. The van der Waals surface area contributed by atoms with Gasteiger partial charge < -0.3 is 19.8 Å². The highest BCUT2D eigenvalue weighted by molar-refractivity contribution is 6.30. The van der Waals surface area contributed by atoms with Crippen LogP contribution in [-0.2, 0) is 27.3 Å². The Hall–Kier alpha value is -2.69. The van der Waals surface area contributed by atoms with E-state index in [1.807, 2.05) is 56.0 Å². The van der Waals surface area contributed by atoms with Gasteiger partial charge in [-0.05, 0) is 94.7 Å². The van der Waals surface area contributed by atoms with Gasteiger partial charge in [-0.2, -0.15) is 5.10 Å². The summed E-state index contributed by atoms with van der Waals surface area (Å²) in [4.78, 5) is 38.1. The lowest BCUT2D eigenvalue weighted by atomic mass is 9.63. The van der Waals surface area contributed by atoms with Crippen molar-refractivity contribution in [1.82, 2.24) is 30.0 Å². The average molecular weight is 629 g/mol. The van der Waals surface area contributed by atoms with Crippen molar-refractivity contribution in [2.24, 2.45) is 11.3 Å². The number of hydrogen-bond donors (Lipinski definition) is 1. The zero-order valence-corrected chi connectivity index (χ0v) is 27.3. The zero-order chi connectivity index (χ0) is 31.2. The molecule has 1 amide bonds. The molecule has 2 aliphatic heterocycles. The van der Waals surface area contributed by atoms with Crippen molar-refractivity contribution < 1.29 is 19.2 Å². The fourth-order valence-electron chi connectivity index (χ4n) is 7.29. The Labute approximate surface area is 266 Å². The number of carbonyl (C=O) groups is 2. The molecule has 0 bridgehead atoms. The van der Waals surface area contributed by atoms with Crippen molar-refractivity contribution in [1.29, 1.82) is 0 Å². The van der Waals surface area contributed by atoms with Crippen molar-refractivity contribution in [3.05, 3.63) is 47.5 Å². The summed E-state index contributed by atoms with van der Waals surface area (Å²) in [5, 5.41) is 10.5. The van der Waals surface area contributed by atoms with Crippen molar-refractivity contribution in [3.8, 4) is 0 Å². The highest BCUT2D eigenvalue weighted by atomic mass is 35.5. The molecule has 0 radical (unpaired) electrons. The second-order valence-electron chi connectivity index (χ2n) is 13.9. The van der Waals surface area contributed by atoms with E-state index in [0.29, 0.717) is 30.5 Å². The van der Waals surface area contributed by atoms with Crippen molar-refractivity contribution >= 4 is 23.7 Å². The van der Waals surface area contributed by atoms with Crippen LogP contribution in [0.1, 0.15) is 84.1 Å². The van der Waals surface area contributed by atoms with E-state index in [9.17, 15) is 9.59 Å². The van der Waals surface area contributed by atoms with E-state index in [4.69, 9.17) is 21.2 Å². The molecule has 0 spiro atoms. The van der Waals surface area contributed by atoms with Crippen LogP contribution in [0.15, 0.2) is 36.9 Å². The number of piperidine rings is 2. The summed E-state index contributed by atoms with van der Waals surface area (Å²) in [7, 11) is 0. The third-order valence-corrected chi connectivity index (χ3v) is 9.87. The van der Waals surface area contributed by atoms with Crippen molar-refractivity contribution in [2.75, 3.05) is 26.2 Å². The van der Waals surface area contributed by atoms with Gasteiger partial charge in [0.15, 0.2) is 0 Å². The third kappa shape index (κ3) is 8.95. The molecule has 1 atom stereocenters. The van der Waals surface area contributed by atoms with E-state index in [1.54, 1.807) is 11.4 Å². The Morgan fingerprint density at radius 3 is 2.32 bits per heavy atom. The fraction of sp³-hybridized carbons (Fsp3) is 0.697. The molecule has 3 aliphatic rings. The summed E-state index contributed by atoms with van der Waals surface area (Å²) >= 11 is 6.16. The van der Waals surface area contributed by atoms with Gasteiger partial charge in [0.2, 0.25) is 5.91 Å². The predicted molar refractivity (Wildman–Crippen MR) is 169 cm³/mol. The van der Waals surface area contributed by atoms with Gasteiger partial charge in [0, 0.05) is 43.8 Å². The topological polar surface area (TPSA) is 102 Å². The van der Waals surface area contributed by atoms with Gasteiger partial charge >= 0.3 is 6.16 Å². The lowest BCUT2D eigenvalue weighted by Crippen LogP contribution is -2.56. The molecular formula is C33H49ClN6O4. The van der Waals surface area contributed by atoms with Crippen LogP contribution in [0, 0.1) is 11.3 Å². The molecule has 1 saturated carbocycles. The number of amides is 1. The van der Waals surface area contributed by atoms with Gasteiger partial charge in [-0.3, -0.25) is 9.48 Å². The maximum Gasteiger partial charge on any atom is 0.528 e. The second kappa shape index (κ2) is 14.6. The summed E-state index contributed by atoms with van der Waals surface area (Å²) in [5.74, 6) is 0.819. The quantitative estimate of drug-likeness (QED) is 0.356. The van der Waals surface area contributed by atoms with Crippen LogP contribution < -0.4 is 5.32 Å². The molecule has 0 unspecified atom stereocenters. The number of hydroxylamine groups is 2. The Morgan fingerprint density at radius 2 is 1.70 bits per heavy atom. The SMILES string of the molecule is CC(C)(C)OC(=O)ON1CCC(N[C@H](Cc2ccc(Cl)cc2)C(=O)N2CCC(Cn3cncn3)(C3CCCCC3)CC2)CC1. The molecular weight excluding hydrogens is 580 g/mol. The number of nitrogens with one attached hydrogen (secondary N) is 1. The fourth-order valence-corrected chi connectivity index (χ4v) is 7.41. The smallest absolute Gasteiger partial charge is 0.427 e.